The minimum Gasteiger partial charge on any atom is -0.489 e. The van der Waals surface area contributed by atoms with Crippen LogP contribution in [0.2, 0.25) is 5.02 Å². The maximum atomic E-state index is 13.3. The number of hydrogen-bond acceptors (Lipinski definition) is 5. The second kappa shape index (κ2) is 11.1. The van der Waals surface area contributed by atoms with Crippen LogP contribution in [0.25, 0.3) is 11.1 Å². The van der Waals surface area contributed by atoms with Crippen LogP contribution in [0.15, 0.2) is 60.7 Å². The Kier molecular flexibility index (Phi) is 7.76. The quantitative estimate of drug-likeness (QED) is 0.267. The summed E-state index contributed by atoms with van der Waals surface area (Å²) >= 11 is 6.52. The Morgan fingerprint density at radius 2 is 1.77 bits per heavy atom. The third kappa shape index (κ3) is 5.71. The van der Waals surface area contributed by atoms with Crippen molar-refractivity contribution < 1.29 is 23.8 Å². The Labute approximate surface area is 232 Å². The zero-order chi connectivity index (χ0) is 27.7. The predicted molar refractivity (Wildman–Crippen MR) is 148 cm³/mol. The van der Waals surface area contributed by atoms with E-state index in [-0.39, 0.29) is 17.5 Å². The lowest BCUT2D eigenvalue weighted by Crippen LogP contribution is -2.59. The maximum absolute atomic E-state index is 13.3. The Hall–Kier alpha value is -3.26. The van der Waals surface area contributed by atoms with Gasteiger partial charge in [-0.1, -0.05) is 41.9 Å². The molecule has 0 bridgehead atoms. The van der Waals surface area contributed by atoms with Crippen molar-refractivity contribution in [3.8, 4) is 16.9 Å². The molecule has 3 aromatic rings. The molecule has 2 fully saturated rings. The zero-order valence-electron chi connectivity index (χ0n) is 22.0. The van der Waals surface area contributed by atoms with E-state index >= 15 is 0 Å². The molecule has 0 aromatic heterocycles. The molecule has 39 heavy (non-hydrogen) atoms. The van der Waals surface area contributed by atoms with Crippen molar-refractivity contribution in [3.63, 3.8) is 0 Å². The number of hydrogen-bond donors (Lipinski definition) is 2. The summed E-state index contributed by atoms with van der Waals surface area (Å²) in [7, 11) is 0. The molecule has 1 aliphatic carbocycles. The first kappa shape index (κ1) is 27.3. The van der Waals surface area contributed by atoms with Crippen molar-refractivity contribution in [3.05, 3.63) is 88.2 Å². The summed E-state index contributed by atoms with van der Waals surface area (Å²) in [6, 6.07) is 15.5. The van der Waals surface area contributed by atoms with Gasteiger partial charge in [-0.3, -0.25) is 14.5 Å². The van der Waals surface area contributed by atoms with E-state index in [9.17, 15) is 19.1 Å². The van der Waals surface area contributed by atoms with E-state index in [2.05, 4.69) is 5.32 Å². The van der Waals surface area contributed by atoms with Crippen LogP contribution < -0.4 is 10.1 Å². The van der Waals surface area contributed by atoms with Crippen LogP contribution in [-0.2, 0) is 10.5 Å². The first-order chi connectivity index (χ1) is 18.7. The lowest BCUT2D eigenvalue weighted by Gasteiger charge is -2.42. The molecule has 6 nitrogen and oxygen atoms in total. The van der Waals surface area contributed by atoms with Crippen LogP contribution in [-0.4, -0.2) is 46.9 Å². The molecule has 2 aliphatic rings. The number of halogens is 2. The summed E-state index contributed by atoms with van der Waals surface area (Å²) in [5.41, 5.74) is 1.62. The summed E-state index contributed by atoms with van der Waals surface area (Å²) in [5.74, 6) is -1.27. The summed E-state index contributed by atoms with van der Waals surface area (Å²) in [4.78, 5) is 28.2. The van der Waals surface area contributed by atoms with E-state index in [4.69, 9.17) is 16.3 Å². The van der Waals surface area contributed by atoms with Crippen LogP contribution in [0.4, 0.5) is 4.39 Å². The average Bonchev–Trinajstić information content (AvgIpc) is 3.57. The highest BCUT2D eigenvalue weighted by Gasteiger charge is 2.44. The van der Waals surface area contributed by atoms with Gasteiger partial charge in [-0.25, -0.2) is 4.39 Å². The van der Waals surface area contributed by atoms with Gasteiger partial charge in [-0.15, -0.1) is 0 Å². The van der Waals surface area contributed by atoms with Crippen LogP contribution in [0, 0.1) is 12.7 Å². The number of nitrogens with zero attached hydrogens (tertiary/aromatic N) is 1. The molecule has 2 atom stereocenters. The van der Waals surface area contributed by atoms with E-state index in [0.717, 1.165) is 42.4 Å². The van der Waals surface area contributed by atoms with E-state index < -0.39 is 23.5 Å². The molecule has 5 rings (SSSR count). The number of rotatable bonds is 9. The topological polar surface area (TPSA) is 78.9 Å². The van der Waals surface area contributed by atoms with Crippen molar-refractivity contribution in [2.24, 2.45) is 0 Å². The Morgan fingerprint density at radius 3 is 2.38 bits per heavy atom. The lowest BCUT2D eigenvalue weighted by atomic mass is 9.93. The highest BCUT2D eigenvalue weighted by atomic mass is 35.5. The van der Waals surface area contributed by atoms with Crippen molar-refractivity contribution in [1.29, 1.82) is 0 Å². The first-order valence-electron chi connectivity index (χ1n) is 13.3. The van der Waals surface area contributed by atoms with Crippen LogP contribution in [0.5, 0.6) is 5.75 Å². The van der Waals surface area contributed by atoms with Gasteiger partial charge in [-0.05, 0) is 86.6 Å². The number of ketones is 1. The fourth-order valence-corrected chi connectivity index (χ4v) is 5.43. The standard InChI is InChI=1S/C31H32ClFN2O4/c1-19-17-22(7-13-26(19)21-5-9-24(33)10-6-21)29(36)30(37)34-20(2)31(38,35-15-3-4-16-35)23-8-14-28(27(32)18-23)39-25-11-12-25/h5-10,13-14,17-18,20,25,38H,3-4,11-12,15-16H2,1-2H3,(H,34,37)/t20-,31+/m1/s1. The minimum atomic E-state index is -1.57. The van der Waals surface area contributed by atoms with Crippen molar-refractivity contribution >= 4 is 23.3 Å². The molecular formula is C31H32ClFN2O4. The molecule has 204 valence electrons. The summed E-state index contributed by atoms with van der Waals surface area (Å²) in [6.45, 7) is 4.82. The monoisotopic (exact) mass is 550 g/mol. The molecule has 1 saturated carbocycles. The van der Waals surface area contributed by atoms with E-state index in [1.165, 1.54) is 12.1 Å². The lowest BCUT2D eigenvalue weighted by molar-refractivity contribution is -0.139. The first-order valence-corrected chi connectivity index (χ1v) is 13.7. The van der Waals surface area contributed by atoms with Gasteiger partial charge in [0.25, 0.3) is 5.91 Å². The number of benzene rings is 3. The molecule has 0 spiro atoms. The van der Waals surface area contributed by atoms with Gasteiger partial charge in [0.05, 0.1) is 17.2 Å². The highest BCUT2D eigenvalue weighted by molar-refractivity contribution is 6.43. The normalized spacial score (nSPS) is 17.9. The number of aliphatic hydroxyl groups is 1. The summed E-state index contributed by atoms with van der Waals surface area (Å²) in [5, 5.41) is 15.2. The smallest absolute Gasteiger partial charge is 0.292 e. The van der Waals surface area contributed by atoms with E-state index in [0.29, 0.717) is 29.4 Å². The molecule has 1 heterocycles. The SMILES string of the molecule is Cc1cc(C(=O)C(=O)N[C@H](C)[C@](O)(c2ccc(OC3CC3)c(Cl)c2)N2CCCC2)ccc1-c1ccc(F)cc1. The largest absolute Gasteiger partial charge is 0.489 e. The van der Waals surface area contributed by atoms with E-state index in [1.807, 2.05) is 11.8 Å². The molecule has 0 unspecified atom stereocenters. The molecule has 1 amide bonds. The molecule has 8 heteroatoms. The summed E-state index contributed by atoms with van der Waals surface area (Å²) < 4.78 is 19.2. The second-order valence-corrected chi connectivity index (χ2v) is 10.9. The van der Waals surface area contributed by atoms with Gasteiger partial charge < -0.3 is 15.2 Å². The molecular weight excluding hydrogens is 519 g/mol. The molecule has 1 saturated heterocycles. The number of nitrogens with one attached hydrogen (secondary N) is 1. The third-order valence-corrected chi connectivity index (χ3v) is 7.86. The number of carbonyl (C=O) groups excluding carboxylic acids is 2. The predicted octanol–water partition coefficient (Wildman–Crippen LogP) is 5.62. The number of amides is 1. The number of likely N-dealkylation sites (tertiary alicyclic amines) is 1. The minimum absolute atomic E-state index is 0.184. The number of aryl methyl sites for hydroxylation is 1. The van der Waals surface area contributed by atoms with Crippen molar-refractivity contribution in [1.82, 2.24) is 10.2 Å². The molecule has 0 radical (unpaired) electrons. The van der Waals surface area contributed by atoms with Gasteiger partial charge in [0.1, 0.15) is 11.6 Å². The van der Waals surface area contributed by atoms with Crippen molar-refractivity contribution in [2.45, 2.75) is 57.4 Å². The highest BCUT2D eigenvalue weighted by Crippen LogP contribution is 2.38. The number of ether oxygens (including phenoxy) is 1. The average molecular weight is 551 g/mol. The summed E-state index contributed by atoms with van der Waals surface area (Å²) in [6.07, 6.45) is 4.02. The Morgan fingerprint density at radius 1 is 1.08 bits per heavy atom. The van der Waals surface area contributed by atoms with Gasteiger partial charge >= 0.3 is 0 Å². The molecule has 3 aromatic carbocycles. The number of carbonyl (C=O) groups is 2. The Bertz CT molecular complexity index is 1390. The number of Topliss-reactive ketones (excluding diaryl/α,β-unsaturated/α-hetero) is 1. The molecule has 2 N–H and O–H groups in total. The Balaban J connectivity index is 1.35. The van der Waals surface area contributed by atoms with Gasteiger partial charge in [0, 0.05) is 24.2 Å². The fourth-order valence-electron chi connectivity index (χ4n) is 5.21. The van der Waals surface area contributed by atoms with Crippen molar-refractivity contribution in [2.75, 3.05) is 13.1 Å². The maximum Gasteiger partial charge on any atom is 0.292 e. The van der Waals surface area contributed by atoms with Gasteiger partial charge in [-0.2, -0.15) is 0 Å². The fraction of sp³-hybridized carbons (Fsp3) is 0.355. The third-order valence-electron chi connectivity index (χ3n) is 7.56. The van der Waals surface area contributed by atoms with Crippen LogP contribution >= 0.6 is 11.6 Å². The van der Waals surface area contributed by atoms with Crippen LogP contribution in [0.1, 0.15) is 54.1 Å². The van der Waals surface area contributed by atoms with Gasteiger partial charge in [0.2, 0.25) is 5.78 Å². The zero-order valence-corrected chi connectivity index (χ0v) is 22.8. The van der Waals surface area contributed by atoms with Gasteiger partial charge in [0.15, 0.2) is 5.72 Å². The second-order valence-electron chi connectivity index (χ2n) is 10.4. The molecule has 1 aliphatic heterocycles. The van der Waals surface area contributed by atoms with E-state index in [1.54, 1.807) is 55.5 Å². The van der Waals surface area contributed by atoms with Crippen LogP contribution in [0.3, 0.4) is 0 Å².